The molecule has 4 aliphatic carbocycles. The van der Waals surface area contributed by atoms with Gasteiger partial charge in [0.05, 0.1) is 6.42 Å². The van der Waals surface area contributed by atoms with E-state index in [1.807, 2.05) is 0 Å². The van der Waals surface area contributed by atoms with E-state index in [9.17, 15) is 4.79 Å². The second kappa shape index (κ2) is 8.52. The van der Waals surface area contributed by atoms with Crippen molar-refractivity contribution in [3.63, 3.8) is 0 Å². The summed E-state index contributed by atoms with van der Waals surface area (Å²) in [6, 6.07) is 0. The van der Waals surface area contributed by atoms with Crippen LogP contribution in [0.3, 0.4) is 0 Å². The maximum atomic E-state index is 13.1. The minimum Gasteiger partial charge on any atom is -0.487 e. The largest absolute Gasteiger partial charge is 0.487 e. The summed E-state index contributed by atoms with van der Waals surface area (Å²) in [6.07, 6.45) is 16.1. The van der Waals surface area contributed by atoms with Crippen molar-refractivity contribution in [3.05, 3.63) is 23.0 Å². The van der Waals surface area contributed by atoms with Crippen LogP contribution in [0.15, 0.2) is 23.0 Å². The molecule has 190 valence electrons. The summed E-state index contributed by atoms with van der Waals surface area (Å²) in [6.45, 7) is 16.6. The van der Waals surface area contributed by atoms with Crippen molar-refractivity contribution in [2.24, 2.45) is 46.3 Å². The second-order valence-corrected chi connectivity index (χ2v) is 14.5. The smallest absolute Gasteiger partial charge is 0.166 e. The molecule has 0 N–H and O–H groups in total. The van der Waals surface area contributed by atoms with Gasteiger partial charge in [0, 0.05) is 5.57 Å². The van der Waals surface area contributed by atoms with Gasteiger partial charge in [0.15, 0.2) is 5.78 Å². The number of carbonyl (C=O) groups is 1. The van der Waals surface area contributed by atoms with Crippen LogP contribution in [0.5, 0.6) is 0 Å². The van der Waals surface area contributed by atoms with Crippen molar-refractivity contribution < 1.29 is 9.53 Å². The molecule has 0 spiro atoms. The molecule has 0 saturated heterocycles. The molecule has 7 atom stereocenters. The third-order valence-corrected chi connectivity index (χ3v) is 11.4. The Balaban J connectivity index is 1.35. The quantitative estimate of drug-likeness (QED) is 0.405. The monoisotopic (exact) mass is 466 g/mol. The normalized spacial score (nSPS) is 41.8. The highest BCUT2D eigenvalue weighted by Crippen LogP contribution is 2.68. The van der Waals surface area contributed by atoms with Crippen LogP contribution in [0.4, 0.5) is 0 Å². The summed E-state index contributed by atoms with van der Waals surface area (Å²) in [5.41, 5.74) is 2.91. The Bertz CT molecular complexity index is 891. The van der Waals surface area contributed by atoms with Gasteiger partial charge in [-0.05, 0) is 111 Å². The van der Waals surface area contributed by atoms with Crippen LogP contribution >= 0.6 is 0 Å². The van der Waals surface area contributed by atoms with Gasteiger partial charge >= 0.3 is 0 Å². The van der Waals surface area contributed by atoms with Gasteiger partial charge in [0.1, 0.15) is 11.4 Å². The fourth-order valence-electron chi connectivity index (χ4n) is 9.69. The number of carbonyl (C=O) groups excluding carboxylic acids is 1. The van der Waals surface area contributed by atoms with Crippen molar-refractivity contribution in [2.75, 3.05) is 0 Å². The minimum atomic E-state index is -0.366. The van der Waals surface area contributed by atoms with E-state index in [4.69, 9.17) is 4.74 Å². The minimum absolute atomic E-state index is 0.157. The Labute approximate surface area is 209 Å². The zero-order chi connectivity index (χ0) is 24.5. The van der Waals surface area contributed by atoms with E-state index in [1.165, 1.54) is 57.8 Å². The molecular weight excluding hydrogens is 416 g/mol. The Morgan fingerprint density at radius 1 is 0.971 bits per heavy atom. The average molecular weight is 467 g/mol. The standard InChI is InChI=1S/C32H50O2/c1-20(2)9-8-10-21(3)25-13-14-26-23-12-11-22-17-29-24(28(33)19-30(4,5)34-29)18-32(22,7)27(23)15-16-31(25,26)6/h17,20-21,23,25-27H,8-16,18-19H2,1-7H3/t21-,23+,25-,26+,27+,31-,32+/m1/s1. The summed E-state index contributed by atoms with van der Waals surface area (Å²) in [5.74, 6) is 6.30. The molecule has 1 heterocycles. The number of hydrogen-bond acceptors (Lipinski definition) is 2. The number of ketones is 1. The van der Waals surface area contributed by atoms with E-state index in [0.29, 0.717) is 17.6 Å². The maximum Gasteiger partial charge on any atom is 0.166 e. The van der Waals surface area contributed by atoms with Gasteiger partial charge in [-0.2, -0.15) is 0 Å². The second-order valence-electron chi connectivity index (χ2n) is 14.5. The summed E-state index contributed by atoms with van der Waals surface area (Å²) in [4.78, 5) is 13.1. The topological polar surface area (TPSA) is 26.3 Å². The van der Waals surface area contributed by atoms with Gasteiger partial charge in [0.2, 0.25) is 0 Å². The van der Waals surface area contributed by atoms with Crippen LogP contribution in [0.2, 0.25) is 0 Å². The molecule has 0 bridgehead atoms. The van der Waals surface area contributed by atoms with E-state index in [-0.39, 0.29) is 11.0 Å². The van der Waals surface area contributed by atoms with Crippen LogP contribution in [-0.4, -0.2) is 11.4 Å². The first kappa shape index (κ1) is 24.6. The molecule has 34 heavy (non-hydrogen) atoms. The predicted octanol–water partition coefficient (Wildman–Crippen LogP) is 8.66. The van der Waals surface area contributed by atoms with Crippen molar-refractivity contribution >= 4 is 5.78 Å². The predicted molar refractivity (Wildman–Crippen MR) is 140 cm³/mol. The molecule has 1 aliphatic heterocycles. The molecule has 2 nitrogen and oxygen atoms in total. The number of fused-ring (bicyclic) bond motifs is 5. The van der Waals surface area contributed by atoms with Crippen LogP contribution in [0, 0.1) is 46.3 Å². The Morgan fingerprint density at radius 2 is 1.74 bits per heavy atom. The van der Waals surface area contributed by atoms with Crippen molar-refractivity contribution in [1.82, 2.24) is 0 Å². The third-order valence-electron chi connectivity index (χ3n) is 11.4. The first-order chi connectivity index (χ1) is 15.9. The summed E-state index contributed by atoms with van der Waals surface area (Å²) >= 11 is 0. The first-order valence-corrected chi connectivity index (χ1v) is 14.6. The van der Waals surface area contributed by atoms with E-state index in [2.05, 4.69) is 54.5 Å². The van der Waals surface area contributed by atoms with Crippen LogP contribution < -0.4 is 0 Å². The Hall–Kier alpha value is -1.05. The average Bonchev–Trinajstić information content (AvgIpc) is 3.09. The summed E-state index contributed by atoms with van der Waals surface area (Å²) in [7, 11) is 0. The van der Waals surface area contributed by atoms with E-state index in [1.54, 1.807) is 5.57 Å². The highest BCUT2D eigenvalue weighted by atomic mass is 16.5. The molecule has 0 aromatic carbocycles. The lowest BCUT2D eigenvalue weighted by atomic mass is 9.46. The molecule has 0 amide bonds. The number of ether oxygens (including phenoxy) is 1. The SMILES string of the molecule is CC(C)CCC[C@@H](C)[C@H]1CC[C@H]2[C@@H]3CCC4=CC5=C(C[C@]4(C)[C@H]3CC[C@]12C)C(=O)CC(C)(C)O5. The fraction of sp³-hybridized carbons (Fsp3) is 0.844. The summed E-state index contributed by atoms with van der Waals surface area (Å²) in [5, 5.41) is 0. The molecule has 5 aliphatic rings. The molecule has 0 unspecified atom stereocenters. The summed E-state index contributed by atoms with van der Waals surface area (Å²) < 4.78 is 6.33. The zero-order valence-corrected chi connectivity index (χ0v) is 23.1. The van der Waals surface area contributed by atoms with Gasteiger partial charge in [-0.25, -0.2) is 0 Å². The van der Waals surface area contributed by atoms with Gasteiger partial charge in [-0.1, -0.05) is 59.5 Å². The lowest BCUT2D eigenvalue weighted by molar-refractivity contribution is -0.124. The highest BCUT2D eigenvalue weighted by molar-refractivity contribution is 5.98. The molecule has 0 aromatic rings. The molecule has 3 fully saturated rings. The number of allylic oxidation sites excluding steroid dienone is 3. The number of rotatable bonds is 5. The maximum absolute atomic E-state index is 13.1. The lowest BCUT2D eigenvalue weighted by Gasteiger charge is -2.59. The number of Topliss-reactive ketones (excluding diaryl/α,β-unsaturated/α-hetero) is 1. The van der Waals surface area contributed by atoms with Crippen molar-refractivity contribution in [3.8, 4) is 0 Å². The van der Waals surface area contributed by atoms with Crippen LogP contribution in [-0.2, 0) is 9.53 Å². The van der Waals surface area contributed by atoms with Crippen molar-refractivity contribution in [2.45, 2.75) is 125 Å². The van der Waals surface area contributed by atoms with E-state index in [0.717, 1.165) is 53.3 Å². The van der Waals surface area contributed by atoms with Crippen molar-refractivity contribution in [1.29, 1.82) is 0 Å². The van der Waals surface area contributed by atoms with Gasteiger partial charge in [-0.3, -0.25) is 4.79 Å². The first-order valence-electron chi connectivity index (χ1n) is 14.6. The van der Waals surface area contributed by atoms with Crippen LogP contribution in [0.25, 0.3) is 0 Å². The van der Waals surface area contributed by atoms with E-state index >= 15 is 0 Å². The lowest BCUT2D eigenvalue weighted by Crippen LogP contribution is -2.51. The molecular formula is C32H50O2. The van der Waals surface area contributed by atoms with E-state index < -0.39 is 0 Å². The Kier molecular flexibility index (Phi) is 6.17. The molecule has 0 aromatic heterocycles. The zero-order valence-electron chi connectivity index (χ0n) is 23.1. The molecule has 2 heteroatoms. The van der Waals surface area contributed by atoms with Gasteiger partial charge in [0.25, 0.3) is 0 Å². The van der Waals surface area contributed by atoms with Crippen LogP contribution in [0.1, 0.15) is 119 Å². The highest BCUT2D eigenvalue weighted by Gasteiger charge is 2.60. The van der Waals surface area contributed by atoms with Gasteiger partial charge in [-0.15, -0.1) is 0 Å². The Morgan fingerprint density at radius 3 is 2.47 bits per heavy atom. The molecule has 3 saturated carbocycles. The van der Waals surface area contributed by atoms with Gasteiger partial charge < -0.3 is 4.74 Å². The molecule has 0 radical (unpaired) electrons. The number of hydrogen-bond donors (Lipinski definition) is 0. The fourth-order valence-corrected chi connectivity index (χ4v) is 9.69. The molecule has 5 rings (SSSR count). The third kappa shape index (κ3) is 3.94.